The van der Waals surface area contributed by atoms with Gasteiger partial charge in [-0.3, -0.25) is 4.79 Å². The summed E-state index contributed by atoms with van der Waals surface area (Å²) in [5, 5.41) is 0. The monoisotopic (exact) mass is 284 g/mol. The molecule has 4 aliphatic carbocycles. The molecule has 0 aromatic rings. The maximum Gasteiger partial charge on any atom is 0.146 e. The van der Waals surface area contributed by atoms with E-state index >= 15 is 0 Å². The van der Waals surface area contributed by atoms with Crippen molar-refractivity contribution in [1.29, 1.82) is 0 Å². The van der Waals surface area contributed by atoms with E-state index in [4.69, 9.17) is 0 Å². The summed E-state index contributed by atoms with van der Waals surface area (Å²) < 4.78 is 0. The highest BCUT2D eigenvalue weighted by molar-refractivity contribution is 5.76. The number of carbonyl (C=O) groups excluding carboxylic acids is 1. The van der Waals surface area contributed by atoms with Crippen LogP contribution in [0, 0.1) is 28.6 Å². The zero-order chi connectivity index (χ0) is 14.7. The molecule has 0 radical (unpaired) electrons. The van der Waals surface area contributed by atoms with Gasteiger partial charge in [0.2, 0.25) is 0 Å². The fourth-order valence-corrected chi connectivity index (χ4v) is 6.51. The van der Waals surface area contributed by atoms with Crippen LogP contribution in [0.3, 0.4) is 0 Å². The van der Waals surface area contributed by atoms with Crippen LogP contribution in [0.1, 0.15) is 65.2 Å². The summed E-state index contributed by atoms with van der Waals surface area (Å²) in [6, 6.07) is 0. The molecule has 2 fully saturated rings. The van der Waals surface area contributed by atoms with Crippen LogP contribution in [-0.4, -0.2) is 6.29 Å². The molecule has 114 valence electrons. The summed E-state index contributed by atoms with van der Waals surface area (Å²) in [6.45, 7) is 4.95. The molecule has 0 N–H and O–H groups in total. The van der Waals surface area contributed by atoms with E-state index in [9.17, 15) is 4.79 Å². The van der Waals surface area contributed by atoms with Crippen LogP contribution in [0.25, 0.3) is 0 Å². The van der Waals surface area contributed by atoms with Gasteiger partial charge in [0.15, 0.2) is 0 Å². The molecule has 0 aromatic heterocycles. The van der Waals surface area contributed by atoms with Gasteiger partial charge in [0.05, 0.1) is 0 Å². The molecule has 0 aromatic carbocycles. The third-order valence-electron chi connectivity index (χ3n) is 7.63. The minimum Gasteiger partial charge on any atom is -0.298 e. The van der Waals surface area contributed by atoms with E-state index in [-0.39, 0.29) is 0 Å². The van der Waals surface area contributed by atoms with Crippen LogP contribution in [0.4, 0.5) is 0 Å². The highest BCUT2D eigenvalue weighted by atomic mass is 16.1. The van der Waals surface area contributed by atoms with Gasteiger partial charge in [-0.1, -0.05) is 38.0 Å². The van der Waals surface area contributed by atoms with Gasteiger partial charge in [0.25, 0.3) is 0 Å². The highest BCUT2D eigenvalue weighted by Gasteiger charge is 2.55. The standard InChI is InChI=1S/C20H28O/c1-19-9-5-7-17(19)15-12-14(13-21)16-6-3-4-10-20(16,2)18(15)8-11-19/h5,9,13,15,17-18H,3-4,6-8,10-12H2,1-2H3/t15-,17-,18-,19-,20-/m0/s1. The average molecular weight is 284 g/mol. The molecule has 5 atom stereocenters. The van der Waals surface area contributed by atoms with E-state index in [1.807, 2.05) is 0 Å². The molecule has 1 heteroatoms. The molecule has 0 unspecified atom stereocenters. The Bertz CT molecular complexity index is 528. The lowest BCUT2D eigenvalue weighted by Crippen LogP contribution is -2.49. The lowest BCUT2D eigenvalue weighted by molar-refractivity contribution is -0.106. The first-order valence-corrected chi connectivity index (χ1v) is 8.94. The number of carbonyl (C=O) groups is 1. The first kappa shape index (κ1) is 13.8. The van der Waals surface area contributed by atoms with Crippen molar-refractivity contribution in [3.05, 3.63) is 23.3 Å². The van der Waals surface area contributed by atoms with E-state index < -0.39 is 0 Å². The lowest BCUT2D eigenvalue weighted by atomic mass is 9.47. The lowest BCUT2D eigenvalue weighted by Gasteiger charge is -2.57. The Balaban J connectivity index is 1.78. The summed E-state index contributed by atoms with van der Waals surface area (Å²) in [4.78, 5) is 11.7. The number of hydrogen-bond donors (Lipinski definition) is 0. The van der Waals surface area contributed by atoms with Crippen molar-refractivity contribution in [2.24, 2.45) is 28.6 Å². The van der Waals surface area contributed by atoms with E-state index in [1.54, 1.807) is 5.57 Å². The highest BCUT2D eigenvalue weighted by Crippen LogP contribution is 2.64. The van der Waals surface area contributed by atoms with Crippen molar-refractivity contribution in [2.75, 3.05) is 0 Å². The van der Waals surface area contributed by atoms with Crippen molar-refractivity contribution in [3.63, 3.8) is 0 Å². The number of rotatable bonds is 1. The molecular formula is C20H28O. The van der Waals surface area contributed by atoms with Crippen molar-refractivity contribution in [1.82, 2.24) is 0 Å². The molecule has 0 aliphatic heterocycles. The maximum absolute atomic E-state index is 11.7. The fraction of sp³-hybridized carbons (Fsp3) is 0.750. The summed E-state index contributed by atoms with van der Waals surface area (Å²) in [5.74, 6) is 2.35. The summed E-state index contributed by atoms with van der Waals surface area (Å²) in [6.07, 6.45) is 16.3. The Hall–Kier alpha value is -0.850. The van der Waals surface area contributed by atoms with Crippen LogP contribution >= 0.6 is 0 Å². The predicted octanol–water partition coefficient (Wildman–Crippen LogP) is 5.07. The third-order valence-corrected chi connectivity index (χ3v) is 7.63. The first-order chi connectivity index (χ1) is 10.1. The molecule has 4 aliphatic rings. The van der Waals surface area contributed by atoms with E-state index in [1.165, 1.54) is 56.8 Å². The van der Waals surface area contributed by atoms with E-state index in [0.29, 0.717) is 10.8 Å². The molecular weight excluding hydrogens is 256 g/mol. The van der Waals surface area contributed by atoms with Crippen LogP contribution in [0.2, 0.25) is 0 Å². The molecule has 2 saturated carbocycles. The SMILES string of the molecule is C[C@@]12C=CC[C@H]1[C@@H]1CC(C=O)=C3CCCC[C@]3(C)[C@H]1CC2. The van der Waals surface area contributed by atoms with Crippen LogP contribution in [0.15, 0.2) is 23.3 Å². The van der Waals surface area contributed by atoms with Gasteiger partial charge in [-0.05, 0) is 79.1 Å². The molecule has 0 spiro atoms. The fourth-order valence-electron chi connectivity index (χ4n) is 6.51. The molecule has 1 nitrogen and oxygen atoms in total. The maximum atomic E-state index is 11.7. The second kappa shape index (κ2) is 4.57. The smallest absolute Gasteiger partial charge is 0.146 e. The normalized spacial score (nSPS) is 48.6. The van der Waals surface area contributed by atoms with Crippen molar-refractivity contribution in [3.8, 4) is 0 Å². The molecule has 0 bridgehead atoms. The van der Waals surface area contributed by atoms with Gasteiger partial charge >= 0.3 is 0 Å². The van der Waals surface area contributed by atoms with Gasteiger partial charge in [0.1, 0.15) is 6.29 Å². The third kappa shape index (κ3) is 1.79. The molecule has 0 heterocycles. The second-order valence-electron chi connectivity index (χ2n) is 8.51. The minimum absolute atomic E-state index is 0.335. The van der Waals surface area contributed by atoms with Gasteiger partial charge in [-0.2, -0.15) is 0 Å². The Morgan fingerprint density at radius 2 is 2.05 bits per heavy atom. The van der Waals surface area contributed by atoms with Crippen LogP contribution in [-0.2, 0) is 4.79 Å². The van der Waals surface area contributed by atoms with Gasteiger partial charge in [0, 0.05) is 0 Å². The van der Waals surface area contributed by atoms with Gasteiger partial charge in [-0.25, -0.2) is 0 Å². The summed E-state index contributed by atoms with van der Waals surface area (Å²) in [7, 11) is 0. The van der Waals surface area contributed by atoms with Gasteiger partial charge < -0.3 is 0 Å². The molecule has 21 heavy (non-hydrogen) atoms. The zero-order valence-electron chi connectivity index (χ0n) is 13.5. The Morgan fingerprint density at radius 3 is 2.86 bits per heavy atom. The number of allylic oxidation sites excluding steroid dienone is 4. The van der Waals surface area contributed by atoms with Crippen LogP contribution < -0.4 is 0 Å². The predicted molar refractivity (Wildman–Crippen MR) is 85.9 cm³/mol. The largest absolute Gasteiger partial charge is 0.298 e. The minimum atomic E-state index is 0.335. The summed E-state index contributed by atoms with van der Waals surface area (Å²) >= 11 is 0. The summed E-state index contributed by atoms with van der Waals surface area (Å²) in [5.41, 5.74) is 3.49. The molecule has 0 saturated heterocycles. The van der Waals surface area contributed by atoms with E-state index in [2.05, 4.69) is 26.0 Å². The van der Waals surface area contributed by atoms with E-state index in [0.717, 1.165) is 24.2 Å². The number of hydrogen-bond acceptors (Lipinski definition) is 1. The Labute approximate surface area is 128 Å². The average Bonchev–Trinajstić information content (AvgIpc) is 2.87. The van der Waals surface area contributed by atoms with Crippen LogP contribution in [0.5, 0.6) is 0 Å². The van der Waals surface area contributed by atoms with Crippen molar-refractivity contribution < 1.29 is 4.79 Å². The Kier molecular flexibility index (Phi) is 3.00. The first-order valence-electron chi connectivity index (χ1n) is 8.94. The zero-order valence-corrected chi connectivity index (χ0v) is 13.5. The molecule has 4 rings (SSSR count). The Morgan fingerprint density at radius 1 is 1.19 bits per heavy atom. The number of fused-ring (bicyclic) bond motifs is 5. The number of aldehydes is 1. The quantitative estimate of drug-likeness (QED) is 0.485. The van der Waals surface area contributed by atoms with Gasteiger partial charge in [-0.15, -0.1) is 0 Å². The second-order valence-corrected chi connectivity index (χ2v) is 8.51. The van der Waals surface area contributed by atoms with Crippen molar-refractivity contribution in [2.45, 2.75) is 65.2 Å². The van der Waals surface area contributed by atoms with Crippen molar-refractivity contribution >= 4 is 6.29 Å². The topological polar surface area (TPSA) is 17.1 Å². The molecule has 0 amide bonds.